The highest BCUT2D eigenvalue weighted by molar-refractivity contribution is 7.98. The smallest absolute Gasteiger partial charge is 0.243 e. The largest absolute Gasteiger partial charge is 0.492 e. The Balaban J connectivity index is 2.16. The second-order valence-electron chi connectivity index (χ2n) is 5.74. The van der Waals surface area contributed by atoms with Crippen molar-refractivity contribution in [3.8, 4) is 5.75 Å². The van der Waals surface area contributed by atoms with Crippen LogP contribution in [0.15, 0.2) is 52.3 Å². The van der Waals surface area contributed by atoms with Gasteiger partial charge in [0.25, 0.3) is 0 Å². The maximum absolute atomic E-state index is 12.9. The van der Waals surface area contributed by atoms with Crippen molar-refractivity contribution in [2.24, 2.45) is 0 Å². The zero-order valence-electron chi connectivity index (χ0n) is 15.9. The molecule has 0 fully saturated rings. The highest BCUT2D eigenvalue weighted by Crippen LogP contribution is 2.28. The molecule has 0 aromatic heterocycles. The molecule has 2 aromatic carbocycles. The van der Waals surface area contributed by atoms with E-state index in [-0.39, 0.29) is 23.0 Å². The predicted octanol–water partition coefficient (Wildman–Crippen LogP) is 4.11. The molecule has 0 aliphatic rings. The molecule has 0 aliphatic heterocycles. The number of nitrogens with zero attached hydrogens (tertiary/aromatic N) is 1. The topological polar surface area (TPSA) is 75.7 Å². The first-order valence-electron chi connectivity index (χ1n) is 8.68. The van der Waals surface area contributed by atoms with E-state index in [0.29, 0.717) is 18.0 Å². The van der Waals surface area contributed by atoms with Crippen LogP contribution in [0.3, 0.4) is 0 Å². The number of likely N-dealkylation sites (N-methyl/N-ethyl adjacent to an activating group) is 1. The molecule has 28 heavy (non-hydrogen) atoms. The van der Waals surface area contributed by atoms with Crippen molar-refractivity contribution in [1.29, 1.82) is 0 Å². The number of halogens is 1. The molecule has 2 aromatic rings. The minimum Gasteiger partial charge on any atom is -0.492 e. The van der Waals surface area contributed by atoms with E-state index in [1.165, 1.54) is 18.2 Å². The zero-order valence-corrected chi connectivity index (χ0v) is 18.3. The van der Waals surface area contributed by atoms with Crippen molar-refractivity contribution in [3.63, 3.8) is 0 Å². The molecule has 1 amide bonds. The number of anilines is 1. The monoisotopic (exact) mass is 442 g/mol. The van der Waals surface area contributed by atoms with E-state index in [9.17, 15) is 13.2 Å². The Bertz CT molecular complexity index is 935. The summed E-state index contributed by atoms with van der Waals surface area (Å²) in [7, 11) is -3.88. The van der Waals surface area contributed by atoms with E-state index >= 15 is 0 Å². The second-order valence-corrected chi connectivity index (χ2v) is 8.96. The fourth-order valence-electron chi connectivity index (χ4n) is 2.49. The highest BCUT2D eigenvalue weighted by atomic mass is 35.5. The lowest BCUT2D eigenvalue weighted by molar-refractivity contribution is -0.116. The lowest BCUT2D eigenvalue weighted by atomic mass is 10.3. The summed E-state index contributed by atoms with van der Waals surface area (Å²) < 4.78 is 32.3. The van der Waals surface area contributed by atoms with Crippen LogP contribution in [-0.4, -0.2) is 44.6 Å². The standard InChI is InChI=1S/C19H23ClN2O4S2/c1-4-22(13-19(23)21-14-7-6-8-15(11-14)27-3)28(24,25)16-9-10-18(26-5-2)17(20)12-16/h6-12H,4-5,13H2,1-3H3,(H,21,23). The fourth-order valence-corrected chi connectivity index (χ4v) is 4.68. The van der Waals surface area contributed by atoms with Gasteiger partial charge in [-0.3, -0.25) is 4.79 Å². The summed E-state index contributed by atoms with van der Waals surface area (Å²) in [6.45, 7) is 3.76. The van der Waals surface area contributed by atoms with Crippen LogP contribution < -0.4 is 10.1 Å². The van der Waals surface area contributed by atoms with Gasteiger partial charge in [-0.05, 0) is 49.6 Å². The summed E-state index contributed by atoms with van der Waals surface area (Å²) in [6, 6.07) is 11.6. The Hall–Kier alpha value is -1.74. The average Bonchev–Trinajstić information content (AvgIpc) is 2.67. The second kappa shape index (κ2) is 10.2. The molecule has 0 saturated heterocycles. The molecule has 0 radical (unpaired) electrons. The van der Waals surface area contributed by atoms with E-state index in [0.717, 1.165) is 9.20 Å². The van der Waals surface area contributed by atoms with Gasteiger partial charge < -0.3 is 10.1 Å². The molecule has 0 bridgehead atoms. The van der Waals surface area contributed by atoms with E-state index in [4.69, 9.17) is 16.3 Å². The maximum atomic E-state index is 12.9. The quantitative estimate of drug-likeness (QED) is 0.591. The molecule has 0 atom stereocenters. The first-order valence-corrected chi connectivity index (χ1v) is 11.7. The first kappa shape index (κ1) is 22.5. The number of sulfonamides is 1. The van der Waals surface area contributed by atoms with Crippen LogP contribution in [0.2, 0.25) is 5.02 Å². The lowest BCUT2D eigenvalue weighted by Crippen LogP contribution is -2.37. The van der Waals surface area contributed by atoms with Crippen molar-refractivity contribution in [2.45, 2.75) is 23.6 Å². The number of thioether (sulfide) groups is 1. The Morgan fingerprint density at radius 3 is 2.57 bits per heavy atom. The van der Waals surface area contributed by atoms with E-state index in [2.05, 4.69) is 5.32 Å². The molecule has 0 heterocycles. The van der Waals surface area contributed by atoms with Gasteiger partial charge in [0, 0.05) is 17.1 Å². The van der Waals surface area contributed by atoms with Crippen LogP contribution in [0.5, 0.6) is 5.75 Å². The first-order chi connectivity index (χ1) is 13.3. The van der Waals surface area contributed by atoms with Crippen molar-refractivity contribution in [1.82, 2.24) is 4.31 Å². The summed E-state index contributed by atoms with van der Waals surface area (Å²) in [5.74, 6) is -0.00158. The molecule has 152 valence electrons. The summed E-state index contributed by atoms with van der Waals surface area (Å²) in [4.78, 5) is 13.4. The van der Waals surface area contributed by atoms with Crippen molar-refractivity contribution in [3.05, 3.63) is 47.5 Å². The minimum absolute atomic E-state index is 0.0139. The van der Waals surface area contributed by atoms with Crippen molar-refractivity contribution < 1.29 is 17.9 Å². The number of carbonyl (C=O) groups excluding carboxylic acids is 1. The number of nitrogens with one attached hydrogen (secondary N) is 1. The van der Waals surface area contributed by atoms with Gasteiger partial charge in [0.2, 0.25) is 15.9 Å². The van der Waals surface area contributed by atoms with Gasteiger partial charge in [0.1, 0.15) is 5.75 Å². The van der Waals surface area contributed by atoms with E-state index < -0.39 is 15.9 Å². The van der Waals surface area contributed by atoms with Gasteiger partial charge in [-0.25, -0.2) is 8.42 Å². The van der Waals surface area contributed by atoms with Gasteiger partial charge in [-0.2, -0.15) is 4.31 Å². The van der Waals surface area contributed by atoms with Crippen molar-refractivity contribution >= 4 is 45.0 Å². The highest BCUT2D eigenvalue weighted by Gasteiger charge is 2.26. The molecule has 2 rings (SSSR count). The Morgan fingerprint density at radius 2 is 1.96 bits per heavy atom. The van der Waals surface area contributed by atoms with Gasteiger partial charge >= 0.3 is 0 Å². The molecule has 1 N–H and O–H groups in total. The fraction of sp³-hybridized carbons (Fsp3) is 0.316. The number of ether oxygens (including phenoxy) is 1. The number of rotatable bonds is 9. The van der Waals surface area contributed by atoms with Gasteiger partial charge in [-0.15, -0.1) is 11.8 Å². The van der Waals surface area contributed by atoms with E-state index in [1.54, 1.807) is 24.8 Å². The van der Waals surface area contributed by atoms with Crippen LogP contribution in [0.4, 0.5) is 5.69 Å². The molecular weight excluding hydrogens is 420 g/mol. The van der Waals surface area contributed by atoms with Gasteiger partial charge in [-0.1, -0.05) is 24.6 Å². The van der Waals surface area contributed by atoms with Crippen LogP contribution >= 0.6 is 23.4 Å². The summed E-state index contributed by atoms with van der Waals surface area (Å²) >= 11 is 7.67. The third kappa shape index (κ3) is 5.64. The molecule has 0 aliphatic carbocycles. The third-order valence-corrected chi connectivity index (χ3v) is 6.80. The maximum Gasteiger partial charge on any atom is 0.243 e. The summed E-state index contributed by atoms with van der Waals surface area (Å²) in [6.07, 6.45) is 1.94. The summed E-state index contributed by atoms with van der Waals surface area (Å²) in [5, 5.41) is 2.94. The predicted molar refractivity (Wildman–Crippen MR) is 114 cm³/mol. The molecule has 9 heteroatoms. The number of hydrogen-bond donors (Lipinski definition) is 1. The lowest BCUT2D eigenvalue weighted by Gasteiger charge is -2.20. The third-order valence-electron chi connectivity index (χ3n) is 3.87. The summed E-state index contributed by atoms with van der Waals surface area (Å²) in [5.41, 5.74) is 0.620. The molecule has 6 nitrogen and oxygen atoms in total. The normalized spacial score (nSPS) is 11.5. The van der Waals surface area contributed by atoms with Crippen molar-refractivity contribution in [2.75, 3.05) is 31.3 Å². The molecule has 0 spiro atoms. The number of amides is 1. The Kier molecular flexibility index (Phi) is 8.18. The molecule has 0 unspecified atom stereocenters. The van der Waals surface area contributed by atoms with Gasteiger partial charge in [0.05, 0.1) is 23.1 Å². The SMILES string of the molecule is CCOc1ccc(S(=O)(=O)N(CC)CC(=O)Nc2cccc(SC)c2)cc1Cl. The number of benzene rings is 2. The van der Waals surface area contributed by atoms with Crippen LogP contribution in [0, 0.1) is 0 Å². The average molecular weight is 443 g/mol. The Labute approximate surface area is 175 Å². The molecular formula is C19H23ClN2O4S2. The number of carbonyl (C=O) groups is 1. The minimum atomic E-state index is -3.88. The molecule has 0 saturated carbocycles. The number of hydrogen-bond acceptors (Lipinski definition) is 5. The zero-order chi connectivity index (χ0) is 20.7. The van der Waals surface area contributed by atoms with Gasteiger partial charge in [0.15, 0.2) is 0 Å². The van der Waals surface area contributed by atoms with E-state index in [1.807, 2.05) is 31.4 Å². The van der Waals surface area contributed by atoms with Crippen LogP contribution in [-0.2, 0) is 14.8 Å². The Morgan fingerprint density at radius 1 is 1.21 bits per heavy atom. The van der Waals surface area contributed by atoms with Crippen LogP contribution in [0.25, 0.3) is 0 Å². The van der Waals surface area contributed by atoms with Crippen LogP contribution in [0.1, 0.15) is 13.8 Å².